The van der Waals surface area contributed by atoms with E-state index in [0.29, 0.717) is 11.3 Å². The highest BCUT2D eigenvalue weighted by Gasteiger charge is 2.17. The third-order valence-corrected chi connectivity index (χ3v) is 3.03. The molecular weight excluding hydrogens is 296 g/mol. The fraction of sp³-hybridized carbons (Fsp3) is 0. The summed E-state index contributed by atoms with van der Waals surface area (Å²) < 4.78 is 5.11. The van der Waals surface area contributed by atoms with E-state index in [9.17, 15) is 10.1 Å². The van der Waals surface area contributed by atoms with E-state index in [4.69, 9.17) is 16.1 Å². The summed E-state index contributed by atoms with van der Waals surface area (Å²) in [7, 11) is 0. The molecule has 0 atom stereocenters. The van der Waals surface area contributed by atoms with Gasteiger partial charge in [-0.05, 0) is 24.3 Å². The fourth-order valence-electron chi connectivity index (χ4n) is 1.73. The second kappa shape index (κ2) is 5.29. The molecule has 7 nitrogen and oxygen atoms in total. The normalized spacial score (nSPS) is 10.5. The van der Waals surface area contributed by atoms with Gasteiger partial charge in [0.15, 0.2) is 0 Å². The molecule has 0 fully saturated rings. The largest absolute Gasteiger partial charge is 0.332 e. The average Bonchev–Trinajstić information content (AvgIpc) is 2.98. The van der Waals surface area contributed by atoms with Crippen LogP contribution in [0.2, 0.25) is 5.02 Å². The molecule has 21 heavy (non-hydrogen) atoms. The first-order valence-electron chi connectivity index (χ1n) is 5.84. The predicted molar refractivity (Wildman–Crippen MR) is 74.6 cm³/mol. The van der Waals surface area contributed by atoms with E-state index in [0.717, 1.165) is 0 Å². The molecule has 3 rings (SSSR count). The summed E-state index contributed by atoms with van der Waals surface area (Å²) in [6.07, 6.45) is 1.60. The van der Waals surface area contributed by atoms with Crippen molar-refractivity contribution in [2.24, 2.45) is 0 Å². The van der Waals surface area contributed by atoms with Crippen LogP contribution in [0.4, 0.5) is 5.69 Å². The van der Waals surface area contributed by atoms with Crippen molar-refractivity contribution in [2.45, 2.75) is 0 Å². The van der Waals surface area contributed by atoms with Gasteiger partial charge < -0.3 is 4.52 Å². The van der Waals surface area contributed by atoms with Crippen molar-refractivity contribution >= 4 is 17.3 Å². The lowest BCUT2D eigenvalue weighted by molar-refractivity contribution is -0.384. The minimum absolute atomic E-state index is 0.0530. The molecule has 0 saturated heterocycles. The third-order valence-electron chi connectivity index (χ3n) is 2.71. The molecule has 0 saturated carbocycles. The topological polar surface area (TPSA) is 95.0 Å². The number of benzene rings is 1. The number of nitro benzene ring substituents is 1. The number of pyridine rings is 1. The highest BCUT2D eigenvalue weighted by molar-refractivity contribution is 6.32. The molecule has 0 aliphatic carbocycles. The van der Waals surface area contributed by atoms with Gasteiger partial charge in [-0.15, -0.1) is 0 Å². The van der Waals surface area contributed by atoms with Crippen LogP contribution in [0.15, 0.2) is 47.1 Å². The molecule has 1 aromatic carbocycles. The van der Waals surface area contributed by atoms with Crippen LogP contribution < -0.4 is 0 Å². The Kier molecular flexibility index (Phi) is 3.33. The van der Waals surface area contributed by atoms with Crippen LogP contribution in [0.1, 0.15) is 0 Å². The summed E-state index contributed by atoms with van der Waals surface area (Å²) in [5, 5.41) is 14.7. The molecule has 8 heteroatoms. The van der Waals surface area contributed by atoms with Crippen molar-refractivity contribution in [3.63, 3.8) is 0 Å². The van der Waals surface area contributed by atoms with E-state index in [-0.39, 0.29) is 22.4 Å². The molecule has 0 aliphatic heterocycles. The molecule has 0 spiro atoms. The Morgan fingerprint density at radius 3 is 2.81 bits per heavy atom. The zero-order chi connectivity index (χ0) is 14.8. The number of rotatable bonds is 3. The summed E-state index contributed by atoms with van der Waals surface area (Å²) in [6.45, 7) is 0. The van der Waals surface area contributed by atoms with E-state index in [1.54, 1.807) is 30.5 Å². The summed E-state index contributed by atoms with van der Waals surface area (Å²) in [6, 6.07) is 9.59. The van der Waals surface area contributed by atoms with Crippen LogP contribution in [0.5, 0.6) is 0 Å². The van der Waals surface area contributed by atoms with Crippen molar-refractivity contribution in [1.29, 1.82) is 0 Å². The van der Waals surface area contributed by atoms with Gasteiger partial charge in [0.1, 0.15) is 10.7 Å². The predicted octanol–water partition coefficient (Wildman–Crippen LogP) is 3.36. The van der Waals surface area contributed by atoms with E-state index in [2.05, 4.69) is 15.1 Å². The Morgan fingerprint density at radius 1 is 1.24 bits per heavy atom. The molecule has 104 valence electrons. The Morgan fingerprint density at radius 2 is 2.10 bits per heavy atom. The Balaban J connectivity index is 2.01. The van der Waals surface area contributed by atoms with Gasteiger partial charge in [0.05, 0.1) is 4.92 Å². The Labute approximate surface area is 123 Å². The quantitative estimate of drug-likeness (QED) is 0.544. The van der Waals surface area contributed by atoms with Crippen LogP contribution in [0.25, 0.3) is 23.0 Å². The van der Waals surface area contributed by atoms with Crippen LogP contribution in [-0.4, -0.2) is 20.0 Å². The van der Waals surface area contributed by atoms with Crippen molar-refractivity contribution in [3.05, 3.63) is 57.7 Å². The standard InChI is InChI=1S/C13H7ClN4O3/c14-9-5-4-8(7-11(9)18(19)20)12-16-13(21-17-12)10-3-1-2-6-15-10/h1-7H. The summed E-state index contributed by atoms with van der Waals surface area (Å²) in [5.74, 6) is 0.471. The molecule has 3 aromatic rings. The minimum Gasteiger partial charge on any atom is -0.332 e. The van der Waals surface area contributed by atoms with Crippen molar-refractivity contribution in [1.82, 2.24) is 15.1 Å². The SMILES string of the molecule is O=[N+]([O-])c1cc(-c2noc(-c3ccccn3)n2)ccc1Cl. The van der Waals surface area contributed by atoms with Crippen molar-refractivity contribution < 1.29 is 9.45 Å². The van der Waals surface area contributed by atoms with Gasteiger partial charge in [0, 0.05) is 17.8 Å². The lowest BCUT2D eigenvalue weighted by Gasteiger charge is -1.97. The molecule has 0 N–H and O–H groups in total. The number of nitro groups is 1. The molecule has 0 amide bonds. The highest BCUT2D eigenvalue weighted by Crippen LogP contribution is 2.29. The van der Waals surface area contributed by atoms with Crippen LogP contribution in [0, 0.1) is 10.1 Å². The van der Waals surface area contributed by atoms with E-state index in [1.807, 2.05) is 0 Å². The van der Waals surface area contributed by atoms with E-state index < -0.39 is 4.92 Å². The molecule has 2 aromatic heterocycles. The van der Waals surface area contributed by atoms with Crippen LogP contribution in [-0.2, 0) is 0 Å². The molecule has 0 aliphatic rings. The van der Waals surface area contributed by atoms with Crippen molar-refractivity contribution in [3.8, 4) is 23.0 Å². The lowest BCUT2D eigenvalue weighted by Crippen LogP contribution is -1.90. The lowest BCUT2D eigenvalue weighted by atomic mass is 10.2. The first-order valence-corrected chi connectivity index (χ1v) is 6.22. The highest BCUT2D eigenvalue weighted by atomic mass is 35.5. The van der Waals surface area contributed by atoms with E-state index in [1.165, 1.54) is 12.1 Å². The molecular formula is C13H7ClN4O3. The maximum atomic E-state index is 10.9. The number of nitrogens with zero attached hydrogens (tertiary/aromatic N) is 4. The average molecular weight is 303 g/mol. The van der Waals surface area contributed by atoms with Gasteiger partial charge in [-0.1, -0.05) is 22.8 Å². The number of hydrogen-bond donors (Lipinski definition) is 0. The van der Waals surface area contributed by atoms with Gasteiger partial charge in [0.25, 0.3) is 11.6 Å². The van der Waals surface area contributed by atoms with E-state index >= 15 is 0 Å². The van der Waals surface area contributed by atoms with Gasteiger partial charge in [-0.25, -0.2) is 0 Å². The van der Waals surface area contributed by atoms with Gasteiger partial charge >= 0.3 is 0 Å². The maximum absolute atomic E-state index is 10.9. The summed E-state index contributed by atoms with van der Waals surface area (Å²) in [5.41, 5.74) is 0.759. The number of hydrogen-bond acceptors (Lipinski definition) is 6. The second-order valence-electron chi connectivity index (χ2n) is 4.06. The number of halogens is 1. The maximum Gasteiger partial charge on any atom is 0.288 e. The first-order chi connectivity index (χ1) is 10.1. The Hall–Kier alpha value is -2.80. The van der Waals surface area contributed by atoms with Crippen LogP contribution >= 0.6 is 11.6 Å². The first kappa shape index (κ1) is 13.2. The molecule has 2 heterocycles. The zero-order valence-corrected chi connectivity index (χ0v) is 11.2. The summed E-state index contributed by atoms with van der Waals surface area (Å²) >= 11 is 5.76. The van der Waals surface area contributed by atoms with Gasteiger partial charge in [-0.3, -0.25) is 15.1 Å². The number of aromatic nitrogens is 3. The van der Waals surface area contributed by atoms with Crippen LogP contribution in [0.3, 0.4) is 0 Å². The minimum atomic E-state index is -0.564. The molecule has 0 unspecified atom stereocenters. The monoisotopic (exact) mass is 302 g/mol. The van der Waals surface area contributed by atoms with Gasteiger partial charge in [0.2, 0.25) is 5.82 Å². The second-order valence-corrected chi connectivity index (χ2v) is 4.47. The van der Waals surface area contributed by atoms with Gasteiger partial charge in [-0.2, -0.15) is 4.98 Å². The third kappa shape index (κ3) is 2.59. The van der Waals surface area contributed by atoms with Crippen molar-refractivity contribution in [2.75, 3.05) is 0 Å². The fourth-order valence-corrected chi connectivity index (χ4v) is 1.91. The smallest absolute Gasteiger partial charge is 0.288 e. The Bertz CT molecular complexity index is 804. The molecule has 0 bridgehead atoms. The molecule has 0 radical (unpaired) electrons. The summed E-state index contributed by atoms with van der Waals surface area (Å²) in [4.78, 5) is 18.6. The zero-order valence-electron chi connectivity index (χ0n) is 10.4.